The SMILES string of the molecule is CC(C)C(NC(=O)c1ccco1)C(=O)N1CCOCC1. The van der Waals surface area contributed by atoms with Crippen LogP contribution >= 0.6 is 0 Å². The van der Waals surface area contributed by atoms with E-state index in [1.165, 1.54) is 6.26 Å². The minimum Gasteiger partial charge on any atom is -0.459 e. The summed E-state index contributed by atoms with van der Waals surface area (Å²) in [7, 11) is 0. The van der Waals surface area contributed by atoms with Crippen LogP contribution in [0.15, 0.2) is 22.8 Å². The van der Waals surface area contributed by atoms with E-state index in [2.05, 4.69) is 5.32 Å². The Hall–Kier alpha value is -1.82. The van der Waals surface area contributed by atoms with Crippen LogP contribution in [0.1, 0.15) is 24.4 Å². The zero-order valence-corrected chi connectivity index (χ0v) is 11.8. The van der Waals surface area contributed by atoms with Crippen molar-refractivity contribution in [1.82, 2.24) is 10.2 Å². The van der Waals surface area contributed by atoms with Gasteiger partial charge in [-0.2, -0.15) is 0 Å². The van der Waals surface area contributed by atoms with Crippen molar-refractivity contribution < 1.29 is 18.7 Å². The molecule has 1 aliphatic rings. The first-order valence-corrected chi connectivity index (χ1v) is 6.80. The monoisotopic (exact) mass is 280 g/mol. The summed E-state index contributed by atoms with van der Waals surface area (Å²) < 4.78 is 10.3. The molecule has 1 unspecified atom stereocenters. The fraction of sp³-hybridized carbons (Fsp3) is 0.571. The quantitative estimate of drug-likeness (QED) is 0.889. The topological polar surface area (TPSA) is 71.8 Å². The second-order valence-electron chi connectivity index (χ2n) is 5.11. The highest BCUT2D eigenvalue weighted by Gasteiger charge is 2.30. The Morgan fingerprint density at radius 3 is 2.55 bits per heavy atom. The molecule has 6 nitrogen and oxygen atoms in total. The average molecular weight is 280 g/mol. The van der Waals surface area contributed by atoms with Gasteiger partial charge < -0.3 is 19.4 Å². The van der Waals surface area contributed by atoms with Crippen LogP contribution < -0.4 is 5.32 Å². The predicted molar refractivity (Wildman–Crippen MR) is 72.2 cm³/mol. The summed E-state index contributed by atoms with van der Waals surface area (Å²) in [6.07, 6.45) is 1.43. The highest BCUT2D eigenvalue weighted by atomic mass is 16.5. The van der Waals surface area contributed by atoms with Crippen molar-refractivity contribution in [2.24, 2.45) is 5.92 Å². The third-order valence-electron chi connectivity index (χ3n) is 3.29. The lowest BCUT2D eigenvalue weighted by Gasteiger charge is -2.32. The molecule has 110 valence electrons. The van der Waals surface area contributed by atoms with E-state index in [-0.39, 0.29) is 23.5 Å². The second kappa shape index (κ2) is 6.56. The van der Waals surface area contributed by atoms with Crippen LogP contribution in [0.2, 0.25) is 0 Å². The molecule has 0 saturated carbocycles. The molecule has 1 fully saturated rings. The molecule has 2 amide bonds. The number of nitrogens with one attached hydrogen (secondary N) is 1. The van der Waals surface area contributed by atoms with Crippen molar-refractivity contribution in [2.75, 3.05) is 26.3 Å². The largest absolute Gasteiger partial charge is 0.459 e. The Bertz CT molecular complexity index is 450. The van der Waals surface area contributed by atoms with Gasteiger partial charge in [0.05, 0.1) is 19.5 Å². The summed E-state index contributed by atoms with van der Waals surface area (Å²) in [6, 6.07) is 2.67. The molecule has 2 heterocycles. The number of carbonyl (C=O) groups excluding carboxylic acids is 2. The molecule has 0 aromatic carbocycles. The minimum absolute atomic E-state index is 0.00394. The van der Waals surface area contributed by atoms with Gasteiger partial charge in [0.2, 0.25) is 5.91 Å². The van der Waals surface area contributed by atoms with Crippen molar-refractivity contribution in [1.29, 1.82) is 0 Å². The number of hydrogen-bond acceptors (Lipinski definition) is 4. The summed E-state index contributed by atoms with van der Waals surface area (Å²) in [6.45, 7) is 6.04. The fourth-order valence-electron chi connectivity index (χ4n) is 2.11. The molecule has 1 aliphatic heterocycles. The van der Waals surface area contributed by atoms with Crippen LogP contribution in [0.3, 0.4) is 0 Å². The average Bonchev–Trinajstić information content (AvgIpc) is 2.98. The number of rotatable bonds is 4. The van der Waals surface area contributed by atoms with Gasteiger partial charge in [-0.15, -0.1) is 0 Å². The van der Waals surface area contributed by atoms with Crippen molar-refractivity contribution in [3.63, 3.8) is 0 Å². The predicted octanol–water partition coefficient (Wildman–Crippen LogP) is 0.893. The fourth-order valence-corrected chi connectivity index (χ4v) is 2.11. The Kier molecular flexibility index (Phi) is 4.79. The van der Waals surface area contributed by atoms with Crippen LogP contribution in [0.4, 0.5) is 0 Å². The maximum absolute atomic E-state index is 12.5. The minimum atomic E-state index is -0.550. The van der Waals surface area contributed by atoms with Crippen molar-refractivity contribution in [2.45, 2.75) is 19.9 Å². The van der Waals surface area contributed by atoms with E-state index < -0.39 is 6.04 Å². The molecule has 2 rings (SSSR count). The lowest BCUT2D eigenvalue weighted by Crippen LogP contribution is -2.53. The molecule has 0 radical (unpaired) electrons. The van der Waals surface area contributed by atoms with Crippen LogP contribution in [-0.2, 0) is 9.53 Å². The van der Waals surface area contributed by atoms with Gasteiger partial charge in [0.15, 0.2) is 5.76 Å². The van der Waals surface area contributed by atoms with Gasteiger partial charge in [-0.1, -0.05) is 13.8 Å². The molecular weight excluding hydrogens is 260 g/mol. The molecule has 0 bridgehead atoms. The summed E-state index contributed by atoms with van der Waals surface area (Å²) >= 11 is 0. The van der Waals surface area contributed by atoms with E-state index in [1.54, 1.807) is 17.0 Å². The van der Waals surface area contributed by atoms with Crippen molar-refractivity contribution in [3.05, 3.63) is 24.2 Å². The Morgan fingerprint density at radius 1 is 1.30 bits per heavy atom. The zero-order chi connectivity index (χ0) is 14.5. The number of carbonyl (C=O) groups is 2. The summed E-state index contributed by atoms with van der Waals surface area (Å²) in [5.41, 5.74) is 0. The number of morpholine rings is 1. The molecule has 1 aromatic heterocycles. The van der Waals surface area contributed by atoms with E-state index in [0.717, 1.165) is 0 Å². The highest BCUT2D eigenvalue weighted by Crippen LogP contribution is 2.10. The van der Waals surface area contributed by atoms with Crippen LogP contribution in [0.5, 0.6) is 0 Å². The molecule has 1 atom stereocenters. The van der Waals surface area contributed by atoms with Crippen molar-refractivity contribution in [3.8, 4) is 0 Å². The van der Waals surface area contributed by atoms with Gasteiger partial charge in [-0.25, -0.2) is 0 Å². The first-order chi connectivity index (χ1) is 9.59. The second-order valence-corrected chi connectivity index (χ2v) is 5.11. The highest BCUT2D eigenvalue weighted by molar-refractivity contribution is 5.95. The molecule has 0 aliphatic carbocycles. The first kappa shape index (κ1) is 14.6. The van der Waals surface area contributed by atoms with Gasteiger partial charge in [0, 0.05) is 13.1 Å². The normalized spacial score (nSPS) is 17.1. The summed E-state index contributed by atoms with van der Waals surface area (Å²) in [5.74, 6) is -0.215. The first-order valence-electron chi connectivity index (χ1n) is 6.80. The van der Waals surface area contributed by atoms with Gasteiger partial charge in [0.1, 0.15) is 6.04 Å². The molecule has 0 spiro atoms. The van der Waals surface area contributed by atoms with Crippen LogP contribution in [0.25, 0.3) is 0 Å². The van der Waals surface area contributed by atoms with Gasteiger partial charge in [0.25, 0.3) is 5.91 Å². The Balaban J connectivity index is 2.02. The molecule has 1 N–H and O–H groups in total. The lowest BCUT2D eigenvalue weighted by atomic mass is 10.0. The Labute approximate surface area is 118 Å². The number of hydrogen-bond donors (Lipinski definition) is 1. The van der Waals surface area contributed by atoms with Gasteiger partial charge >= 0.3 is 0 Å². The Morgan fingerprint density at radius 2 is 2.00 bits per heavy atom. The van der Waals surface area contributed by atoms with E-state index in [9.17, 15) is 9.59 Å². The molecule has 1 saturated heterocycles. The summed E-state index contributed by atoms with van der Waals surface area (Å²) in [5, 5.41) is 2.75. The maximum Gasteiger partial charge on any atom is 0.287 e. The van der Waals surface area contributed by atoms with Crippen LogP contribution in [0, 0.1) is 5.92 Å². The number of nitrogens with zero attached hydrogens (tertiary/aromatic N) is 1. The third-order valence-corrected chi connectivity index (χ3v) is 3.29. The molecule has 1 aromatic rings. The van der Waals surface area contributed by atoms with Gasteiger partial charge in [-0.05, 0) is 18.1 Å². The van der Waals surface area contributed by atoms with E-state index >= 15 is 0 Å². The number of furan rings is 1. The zero-order valence-electron chi connectivity index (χ0n) is 11.8. The van der Waals surface area contributed by atoms with E-state index in [4.69, 9.17) is 9.15 Å². The lowest BCUT2D eigenvalue weighted by molar-refractivity contribution is -0.138. The molecule has 20 heavy (non-hydrogen) atoms. The molecular formula is C14H20N2O4. The van der Waals surface area contributed by atoms with Crippen LogP contribution in [-0.4, -0.2) is 49.1 Å². The molecule has 6 heteroatoms. The third kappa shape index (κ3) is 3.39. The summed E-state index contributed by atoms with van der Waals surface area (Å²) in [4.78, 5) is 26.2. The van der Waals surface area contributed by atoms with E-state index in [0.29, 0.717) is 26.3 Å². The maximum atomic E-state index is 12.5. The standard InChI is InChI=1S/C14H20N2O4/c1-10(2)12(14(18)16-5-8-19-9-6-16)15-13(17)11-4-3-7-20-11/h3-4,7,10,12H,5-6,8-9H2,1-2H3,(H,15,17). The number of amides is 2. The van der Waals surface area contributed by atoms with Gasteiger partial charge in [-0.3, -0.25) is 9.59 Å². The van der Waals surface area contributed by atoms with Crippen molar-refractivity contribution >= 4 is 11.8 Å². The number of ether oxygens (including phenoxy) is 1. The smallest absolute Gasteiger partial charge is 0.287 e. The van der Waals surface area contributed by atoms with E-state index in [1.807, 2.05) is 13.8 Å².